The predicted octanol–water partition coefficient (Wildman–Crippen LogP) is 1.40. The first kappa shape index (κ1) is 12.9. The van der Waals surface area contributed by atoms with Gasteiger partial charge in [-0.1, -0.05) is 4.49 Å². The van der Waals surface area contributed by atoms with E-state index in [0.29, 0.717) is 17.8 Å². The predicted molar refractivity (Wildman–Crippen MR) is 65.5 cm³/mol. The van der Waals surface area contributed by atoms with Gasteiger partial charge in [0.1, 0.15) is 4.88 Å². The highest BCUT2D eigenvalue weighted by Crippen LogP contribution is 2.23. The molecule has 1 amide bonds. The molecule has 1 atom stereocenters. The highest BCUT2D eigenvalue weighted by Gasteiger charge is 2.28. The van der Waals surface area contributed by atoms with E-state index in [0.717, 1.165) is 30.8 Å². The third-order valence-corrected chi connectivity index (χ3v) is 3.80. The Kier molecular flexibility index (Phi) is 4.24. The standard InChI is InChI=1S/C11H15N3O3S/c15-10(16)5-4-8-3-1-2-6-14(8)11(17)9-7-12-13-18-9/h7-8H,1-6H2,(H,15,16)/t8-/m0/s1. The summed E-state index contributed by atoms with van der Waals surface area (Å²) in [4.78, 5) is 25.2. The van der Waals surface area contributed by atoms with Crippen molar-refractivity contribution in [1.82, 2.24) is 14.5 Å². The molecule has 0 saturated carbocycles. The van der Waals surface area contributed by atoms with Crippen LogP contribution in [0.15, 0.2) is 6.20 Å². The van der Waals surface area contributed by atoms with Crippen molar-refractivity contribution >= 4 is 23.4 Å². The van der Waals surface area contributed by atoms with Crippen molar-refractivity contribution in [1.29, 1.82) is 0 Å². The van der Waals surface area contributed by atoms with Crippen molar-refractivity contribution in [3.05, 3.63) is 11.1 Å². The summed E-state index contributed by atoms with van der Waals surface area (Å²) in [6, 6.07) is 0.0319. The molecular formula is C11H15N3O3S. The normalized spacial score (nSPS) is 19.8. The third-order valence-electron chi connectivity index (χ3n) is 3.15. The average molecular weight is 269 g/mol. The van der Waals surface area contributed by atoms with Gasteiger partial charge in [0.25, 0.3) is 5.91 Å². The molecule has 6 nitrogen and oxygen atoms in total. The number of rotatable bonds is 4. The molecule has 0 radical (unpaired) electrons. The molecule has 1 aromatic heterocycles. The van der Waals surface area contributed by atoms with Crippen LogP contribution < -0.4 is 0 Å². The van der Waals surface area contributed by atoms with Gasteiger partial charge in [0, 0.05) is 19.0 Å². The molecule has 1 aliphatic rings. The Labute approximate surface area is 109 Å². The molecular weight excluding hydrogens is 254 g/mol. The van der Waals surface area contributed by atoms with Gasteiger partial charge in [-0.2, -0.15) is 0 Å². The number of hydrogen-bond acceptors (Lipinski definition) is 5. The fourth-order valence-electron chi connectivity index (χ4n) is 2.26. The van der Waals surface area contributed by atoms with E-state index in [9.17, 15) is 9.59 Å². The maximum absolute atomic E-state index is 12.2. The van der Waals surface area contributed by atoms with Crippen molar-refractivity contribution in [3.8, 4) is 0 Å². The Bertz CT molecular complexity index is 421. The van der Waals surface area contributed by atoms with E-state index in [-0.39, 0.29) is 18.4 Å². The highest BCUT2D eigenvalue weighted by atomic mass is 32.1. The topological polar surface area (TPSA) is 83.4 Å². The van der Waals surface area contributed by atoms with Crippen molar-refractivity contribution in [3.63, 3.8) is 0 Å². The van der Waals surface area contributed by atoms with Gasteiger partial charge in [0.2, 0.25) is 0 Å². The number of aromatic nitrogens is 2. The van der Waals surface area contributed by atoms with E-state index in [4.69, 9.17) is 5.11 Å². The summed E-state index contributed by atoms with van der Waals surface area (Å²) >= 11 is 1.08. The lowest BCUT2D eigenvalue weighted by atomic mass is 9.97. The highest BCUT2D eigenvalue weighted by molar-refractivity contribution is 7.07. The lowest BCUT2D eigenvalue weighted by Gasteiger charge is -2.35. The Balaban J connectivity index is 2.03. The van der Waals surface area contributed by atoms with E-state index >= 15 is 0 Å². The number of carboxylic acids is 1. The largest absolute Gasteiger partial charge is 0.481 e. The summed E-state index contributed by atoms with van der Waals surface area (Å²) in [5.74, 6) is -0.882. The van der Waals surface area contributed by atoms with Gasteiger partial charge in [-0.05, 0) is 37.2 Å². The number of piperidine rings is 1. The summed E-state index contributed by atoms with van der Waals surface area (Å²) in [5, 5.41) is 12.4. The number of likely N-dealkylation sites (tertiary alicyclic amines) is 1. The first-order valence-electron chi connectivity index (χ1n) is 5.98. The Hall–Kier alpha value is -1.50. The fraction of sp³-hybridized carbons (Fsp3) is 0.636. The summed E-state index contributed by atoms with van der Waals surface area (Å²) in [6.07, 6.45) is 5.00. The molecule has 0 aliphatic carbocycles. The van der Waals surface area contributed by atoms with E-state index in [2.05, 4.69) is 9.59 Å². The lowest BCUT2D eigenvalue weighted by molar-refractivity contribution is -0.137. The van der Waals surface area contributed by atoms with E-state index in [1.165, 1.54) is 6.20 Å². The zero-order valence-electron chi connectivity index (χ0n) is 9.91. The quantitative estimate of drug-likeness (QED) is 0.893. The van der Waals surface area contributed by atoms with Gasteiger partial charge < -0.3 is 10.0 Å². The fourth-order valence-corrected chi connectivity index (χ4v) is 2.73. The van der Waals surface area contributed by atoms with Gasteiger partial charge in [0.05, 0.1) is 6.20 Å². The van der Waals surface area contributed by atoms with Gasteiger partial charge in [-0.3, -0.25) is 9.59 Å². The monoisotopic (exact) mass is 269 g/mol. The minimum atomic E-state index is -0.813. The number of carbonyl (C=O) groups excluding carboxylic acids is 1. The molecule has 0 bridgehead atoms. The molecule has 1 N–H and O–H groups in total. The van der Waals surface area contributed by atoms with E-state index in [1.807, 2.05) is 0 Å². The SMILES string of the molecule is O=C(O)CC[C@@H]1CCCCN1C(=O)c1cnns1. The zero-order valence-corrected chi connectivity index (χ0v) is 10.7. The van der Waals surface area contributed by atoms with Gasteiger partial charge in [-0.15, -0.1) is 5.10 Å². The van der Waals surface area contributed by atoms with Crippen LogP contribution in [0.2, 0.25) is 0 Å². The molecule has 0 aromatic carbocycles. The van der Waals surface area contributed by atoms with Crippen LogP contribution in [-0.4, -0.2) is 44.1 Å². The van der Waals surface area contributed by atoms with Gasteiger partial charge in [0.15, 0.2) is 0 Å². The van der Waals surface area contributed by atoms with Crippen LogP contribution in [-0.2, 0) is 4.79 Å². The minimum absolute atomic E-state index is 0.0319. The molecule has 1 saturated heterocycles. The number of carboxylic acid groups (broad SMARTS) is 1. The smallest absolute Gasteiger partial charge is 0.303 e. The molecule has 2 heterocycles. The van der Waals surface area contributed by atoms with E-state index in [1.54, 1.807) is 4.90 Å². The van der Waals surface area contributed by atoms with Crippen molar-refractivity contribution in [2.75, 3.05) is 6.54 Å². The summed E-state index contributed by atoms with van der Waals surface area (Å²) in [5.41, 5.74) is 0. The van der Waals surface area contributed by atoms with Gasteiger partial charge >= 0.3 is 5.97 Å². The molecule has 18 heavy (non-hydrogen) atoms. The number of carbonyl (C=O) groups is 2. The lowest BCUT2D eigenvalue weighted by Crippen LogP contribution is -2.43. The maximum Gasteiger partial charge on any atom is 0.303 e. The first-order chi connectivity index (χ1) is 8.68. The second-order valence-corrected chi connectivity index (χ2v) is 5.15. The molecule has 98 valence electrons. The van der Waals surface area contributed by atoms with Crippen LogP contribution in [0.4, 0.5) is 0 Å². The zero-order chi connectivity index (χ0) is 13.0. The molecule has 1 aliphatic heterocycles. The minimum Gasteiger partial charge on any atom is -0.481 e. The molecule has 7 heteroatoms. The van der Waals surface area contributed by atoms with Crippen LogP contribution in [0.1, 0.15) is 41.8 Å². The average Bonchev–Trinajstić information content (AvgIpc) is 2.89. The Morgan fingerprint density at radius 3 is 3.00 bits per heavy atom. The number of aliphatic carboxylic acids is 1. The first-order valence-corrected chi connectivity index (χ1v) is 6.76. The number of nitrogens with zero attached hydrogens (tertiary/aromatic N) is 3. The second-order valence-electron chi connectivity index (χ2n) is 4.36. The number of hydrogen-bond donors (Lipinski definition) is 1. The van der Waals surface area contributed by atoms with Crippen molar-refractivity contribution in [2.45, 2.75) is 38.1 Å². The van der Waals surface area contributed by atoms with Crippen molar-refractivity contribution < 1.29 is 14.7 Å². The third kappa shape index (κ3) is 3.04. The summed E-state index contributed by atoms with van der Waals surface area (Å²) in [7, 11) is 0. The van der Waals surface area contributed by atoms with Crippen LogP contribution in [0, 0.1) is 0 Å². The molecule has 2 rings (SSSR count). The summed E-state index contributed by atoms with van der Waals surface area (Å²) < 4.78 is 3.69. The van der Waals surface area contributed by atoms with Crippen LogP contribution in [0.3, 0.4) is 0 Å². The number of amides is 1. The summed E-state index contributed by atoms with van der Waals surface area (Å²) in [6.45, 7) is 0.695. The van der Waals surface area contributed by atoms with Crippen LogP contribution in [0.5, 0.6) is 0 Å². The molecule has 0 unspecified atom stereocenters. The van der Waals surface area contributed by atoms with E-state index < -0.39 is 5.97 Å². The second kappa shape index (κ2) is 5.90. The van der Waals surface area contributed by atoms with Crippen LogP contribution >= 0.6 is 11.5 Å². The molecule has 1 fully saturated rings. The van der Waals surface area contributed by atoms with Gasteiger partial charge in [-0.25, -0.2) is 0 Å². The maximum atomic E-state index is 12.2. The van der Waals surface area contributed by atoms with Crippen molar-refractivity contribution in [2.24, 2.45) is 0 Å². The Morgan fingerprint density at radius 1 is 1.50 bits per heavy atom. The molecule has 0 spiro atoms. The van der Waals surface area contributed by atoms with Crippen LogP contribution in [0.25, 0.3) is 0 Å². The Morgan fingerprint density at radius 2 is 2.33 bits per heavy atom. The molecule has 1 aromatic rings.